The highest BCUT2D eigenvalue weighted by atomic mass is 35.5. The van der Waals surface area contributed by atoms with Gasteiger partial charge in [-0.2, -0.15) is 4.98 Å². The van der Waals surface area contributed by atoms with Crippen molar-refractivity contribution in [2.24, 2.45) is 0 Å². The highest BCUT2D eigenvalue weighted by molar-refractivity contribution is 6.36. The predicted molar refractivity (Wildman–Crippen MR) is 105 cm³/mol. The fraction of sp³-hybridized carbons (Fsp3) is 0.526. The lowest BCUT2D eigenvalue weighted by Gasteiger charge is -2.37. The van der Waals surface area contributed by atoms with Crippen molar-refractivity contribution in [1.29, 1.82) is 0 Å². The molecular formula is C19H24Cl2N4O2. The van der Waals surface area contributed by atoms with E-state index < -0.39 is 0 Å². The summed E-state index contributed by atoms with van der Waals surface area (Å²) in [5.41, 5.74) is 0.332. The summed E-state index contributed by atoms with van der Waals surface area (Å²) in [6.07, 6.45) is 0. The van der Waals surface area contributed by atoms with Gasteiger partial charge in [-0.15, -0.1) is 0 Å². The molecule has 1 atom stereocenters. The average Bonchev–Trinajstić information content (AvgIpc) is 3.11. The Hall–Kier alpha value is -1.63. The number of aromatic nitrogens is 2. The molecule has 1 saturated heterocycles. The molecule has 8 heteroatoms. The zero-order chi connectivity index (χ0) is 19.8. The van der Waals surface area contributed by atoms with Crippen LogP contribution in [0.3, 0.4) is 0 Å². The summed E-state index contributed by atoms with van der Waals surface area (Å²) in [4.78, 5) is 21.3. The predicted octanol–water partition coefficient (Wildman–Crippen LogP) is 4.19. The monoisotopic (exact) mass is 410 g/mol. The van der Waals surface area contributed by atoms with Crippen molar-refractivity contribution in [3.05, 3.63) is 45.5 Å². The van der Waals surface area contributed by atoms with Crippen LogP contribution in [0.2, 0.25) is 10.0 Å². The maximum absolute atomic E-state index is 12.7. The summed E-state index contributed by atoms with van der Waals surface area (Å²) in [5.74, 6) is 1.24. The molecule has 3 rings (SSSR count). The third-order valence-electron chi connectivity index (χ3n) is 4.78. The molecule has 1 amide bonds. The molecule has 1 fully saturated rings. The number of piperazine rings is 1. The van der Waals surface area contributed by atoms with Gasteiger partial charge in [0.25, 0.3) is 5.91 Å². The van der Waals surface area contributed by atoms with Gasteiger partial charge >= 0.3 is 0 Å². The molecule has 0 N–H and O–H groups in total. The second-order valence-corrected chi connectivity index (χ2v) is 8.68. The van der Waals surface area contributed by atoms with E-state index in [2.05, 4.69) is 35.8 Å². The lowest BCUT2D eigenvalue weighted by atomic mass is 9.96. The molecule has 1 aromatic heterocycles. The van der Waals surface area contributed by atoms with Crippen LogP contribution in [0.4, 0.5) is 0 Å². The van der Waals surface area contributed by atoms with E-state index in [1.165, 1.54) is 0 Å². The van der Waals surface area contributed by atoms with Crippen molar-refractivity contribution in [3.8, 4) is 0 Å². The molecule has 0 radical (unpaired) electrons. The Labute approximate surface area is 169 Å². The number of nitrogens with zero attached hydrogens (tertiary/aromatic N) is 4. The van der Waals surface area contributed by atoms with Crippen LogP contribution in [0.15, 0.2) is 22.7 Å². The quantitative estimate of drug-likeness (QED) is 0.758. The Morgan fingerprint density at radius 2 is 1.85 bits per heavy atom. The maximum atomic E-state index is 12.7. The molecule has 146 valence electrons. The normalized spacial score (nSPS) is 17.2. The minimum atomic E-state index is -0.148. The summed E-state index contributed by atoms with van der Waals surface area (Å²) < 4.78 is 5.46. The number of carbonyl (C=O) groups is 1. The Morgan fingerprint density at radius 3 is 2.41 bits per heavy atom. The first-order chi connectivity index (χ1) is 12.7. The number of carbonyl (C=O) groups excluding carboxylic acids is 1. The number of halogens is 2. The molecule has 0 spiro atoms. The van der Waals surface area contributed by atoms with Gasteiger partial charge in [0.1, 0.15) is 0 Å². The van der Waals surface area contributed by atoms with Crippen LogP contribution in [-0.4, -0.2) is 52.0 Å². The first-order valence-corrected chi connectivity index (χ1v) is 9.75. The molecule has 2 heterocycles. The van der Waals surface area contributed by atoms with E-state index >= 15 is 0 Å². The topological polar surface area (TPSA) is 62.5 Å². The number of hydrogen-bond acceptors (Lipinski definition) is 5. The Balaban J connectivity index is 1.63. The van der Waals surface area contributed by atoms with E-state index in [1.807, 2.05) is 11.8 Å². The highest BCUT2D eigenvalue weighted by Gasteiger charge is 2.30. The van der Waals surface area contributed by atoms with E-state index in [-0.39, 0.29) is 17.4 Å². The molecule has 1 aliphatic heterocycles. The van der Waals surface area contributed by atoms with Gasteiger partial charge in [-0.1, -0.05) is 49.1 Å². The second-order valence-electron chi connectivity index (χ2n) is 7.83. The molecule has 6 nitrogen and oxygen atoms in total. The summed E-state index contributed by atoms with van der Waals surface area (Å²) in [5, 5.41) is 5.00. The van der Waals surface area contributed by atoms with Crippen molar-refractivity contribution in [2.45, 2.75) is 39.2 Å². The standard InChI is InChI=1S/C19H24Cl2N4O2/c1-12(16-22-18(23-27-16)19(2,3)4)24-7-9-25(10-8-24)17(26)14-6-5-13(20)11-15(14)21/h5-6,11-12H,7-10H2,1-4H3. The average molecular weight is 411 g/mol. The largest absolute Gasteiger partial charge is 0.338 e. The molecular weight excluding hydrogens is 387 g/mol. The van der Waals surface area contributed by atoms with Crippen LogP contribution in [0, 0.1) is 0 Å². The van der Waals surface area contributed by atoms with E-state index in [1.54, 1.807) is 18.2 Å². The summed E-state index contributed by atoms with van der Waals surface area (Å²) in [6.45, 7) is 10.9. The number of rotatable bonds is 3. The zero-order valence-electron chi connectivity index (χ0n) is 16.0. The first-order valence-electron chi connectivity index (χ1n) is 8.99. The van der Waals surface area contributed by atoms with Gasteiger partial charge in [-0.25, -0.2) is 0 Å². The fourth-order valence-corrected chi connectivity index (χ4v) is 3.50. The van der Waals surface area contributed by atoms with Crippen molar-refractivity contribution >= 4 is 29.1 Å². The van der Waals surface area contributed by atoms with Crippen LogP contribution in [0.1, 0.15) is 55.8 Å². The first kappa shape index (κ1) is 20.1. The maximum Gasteiger partial charge on any atom is 0.255 e. The highest BCUT2D eigenvalue weighted by Crippen LogP contribution is 2.26. The lowest BCUT2D eigenvalue weighted by molar-refractivity contribution is 0.0552. The number of hydrogen-bond donors (Lipinski definition) is 0. The minimum absolute atomic E-state index is 0.00460. The summed E-state index contributed by atoms with van der Waals surface area (Å²) >= 11 is 12.1. The smallest absolute Gasteiger partial charge is 0.255 e. The lowest BCUT2D eigenvalue weighted by Crippen LogP contribution is -2.49. The van der Waals surface area contributed by atoms with E-state index in [9.17, 15) is 4.79 Å². The summed E-state index contributed by atoms with van der Waals surface area (Å²) in [6, 6.07) is 4.96. The number of amides is 1. The second kappa shape index (κ2) is 7.78. The third kappa shape index (κ3) is 4.45. The Kier molecular flexibility index (Phi) is 5.79. The van der Waals surface area contributed by atoms with Crippen molar-refractivity contribution in [1.82, 2.24) is 19.9 Å². The molecule has 1 aromatic carbocycles. The Morgan fingerprint density at radius 1 is 1.19 bits per heavy atom. The van der Waals surface area contributed by atoms with E-state index in [0.717, 1.165) is 13.1 Å². The minimum Gasteiger partial charge on any atom is -0.338 e. The number of benzene rings is 1. The van der Waals surface area contributed by atoms with Gasteiger partial charge in [0.15, 0.2) is 5.82 Å². The zero-order valence-corrected chi connectivity index (χ0v) is 17.5. The molecule has 1 unspecified atom stereocenters. The van der Waals surface area contributed by atoms with Gasteiger partial charge in [0, 0.05) is 36.6 Å². The van der Waals surface area contributed by atoms with Gasteiger partial charge < -0.3 is 9.42 Å². The van der Waals surface area contributed by atoms with Gasteiger partial charge in [0.2, 0.25) is 5.89 Å². The van der Waals surface area contributed by atoms with Gasteiger partial charge in [-0.3, -0.25) is 9.69 Å². The molecule has 0 aliphatic carbocycles. The molecule has 0 saturated carbocycles. The third-order valence-corrected chi connectivity index (χ3v) is 5.33. The van der Waals surface area contributed by atoms with Crippen LogP contribution >= 0.6 is 23.2 Å². The molecule has 27 heavy (non-hydrogen) atoms. The van der Waals surface area contributed by atoms with Crippen molar-refractivity contribution in [2.75, 3.05) is 26.2 Å². The molecule has 2 aromatic rings. The van der Waals surface area contributed by atoms with Gasteiger partial charge in [-0.05, 0) is 25.1 Å². The van der Waals surface area contributed by atoms with Gasteiger partial charge in [0.05, 0.1) is 16.6 Å². The van der Waals surface area contributed by atoms with Crippen LogP contribution in [0.25, 0.3) is 0 Å². The van der Waals surface area contributed by atoms with E-state index in [0.29, 0.717) is 40.4 Å². The van der Waals surface area contributed by atoms with Crippen LogP contribution in [0.5, 0.6) is 0 Å². The molecule has 1 aliphatic rings. The van der Waals surface area contributed by atoms with Crippen molar-refractivity contribution in [3.63, 3.8) is 0 Å². The molecule has 0 bridgehead atoms. The SMILES string of the molecule is CC(c1nc(C(C)(C)C)no1)N1CCN(C(=O)c2ccc(Cl)cc2Cl)CC1. The fourth-order valence-electron chi connectivity index (χ4n) is 3.01. The van der Waals surface area contributed by atoms with Crippen LogP contribution in [-0.2, 0) is 5.41 Å². The summed E-state index contributed by atoms with van der Waals surface area (Å²) in [7, 11) is 0. The Bertz CT molecular complexity index is 823. The van der Waals surface area contributed by atoms with E-state index in [4.69, 9.17) is 27.7 Å². The van der Waals surface area contributed by atoms with Crippen molar-refractivity contribution < 1.29 is 9.32 Å². The van der Waals surface area contributed by atoms with Crippen LogP contribution < -0.4 is 0 Å².